The lowest BCUT2D eigenvalue weighted by molar-refractivity contribution is 0.393. The van der Waals surface area contributed by atoms with Crippen molar-refractivity contribution in [2.24, 2.45) is 0 Å². The van der Waals surface area contributed by atoms with Crippen molar-refractivity contribution in [3.05, 3.63) is 66.4 Å². The molecule has 0 spiro atoms. The number of hydrogen-bond donors (Lipinski definition) is 2. The Balaban J connectivity index is 1.58. The second kappa shape index (κ2) is 9.17. The molecule has 0 unspecified atom stereocenters. The number of aromatic amines is 1. The molecule has 2 heterocycles. The molecule has 158 valence electrons. The Hall–Kier alpha value is -4.07. The maximum atomic E-state index is 5.35. The van der Waals surface area contributed by atoms with Gasteiger partial charge in [-0.05, 0) is 42.0 Å². The highest BCUT2D eigenvalue weighted by Gasteiger charge is 2.13. The van der Waals surface area contributed by atoms with Crippen LogP contribution in [0.1, 0.15) is 5.56 Å². The molecule has 0 radical (unpaired) electrons. The van der Waals surface area contributed by atoms with Crippen molar-refractivity contribution in [1.29, 1.82) is 0 Å². The number of anilines is 1. The van der Waals surface area contributed by atoms with Crippen LogP contribution in [-0.4, -0.2) is 41.5 Å². The molecule has 0 fully saturated rings. The summed E-state index contributed by atoms with van der Waals surface area (Å²) in [7, 11) is 4.90. The van der Waals surface area contributed by atoms with Gasteiger partial charge in [-0.15, -0.1) is 0 Å². The van der Waals surface area contributed by atoms with Crippen molar-refractivity contribution < 1.29 is 14.2 Å². The number of H-pyrrole nitrogens is 1. The first-order valence-electron chi connectivity index (χ1n) is 9.68. The molecule has 2 aromatic carbocycles. The smallest absolute Gasteiger partial charge is 0.181 e. The maximum Gasteiger partial charge on any atom is 0.181 e. The first kappa shape index (κ1) is 20.2. The molecule has 2 aromatic heterocycles. The zero-order valence-electron chi connectivity index (χ0n) is 17.5. The summed E-state index contributed by atoms with van der Waals surface area (Å²) in [4.78, 5) is 9.14. The Morgan fingerprint density at radius 2 is 1.65 bits per heavy atom. The number of nitrogens with one attached hydrogen (secondary N) is 2. The molecule has 0 aliphatic rings. The van der Waals surface area contributed by atoms with Crippen molar-refractivity contribution in [2.75, 3.05) is 26.6 Å². The van der Waals surface area contributed by atoms with E-state index < -0.39 is 0 Å². The Morgan fingerprint density at radius 3 is 2.39 bits per heavy atom. The molecule has 4 aromatic rings. The van der Waals surface area contributed by atoms with Crippen molar-refractivity contribution >= 4 is 5.82 Å². The summed E-state index contributed by atoms with van der Waals surface area (Å²) in [5, 5.41) is 10.7. The number of methoxy groups -OCH3 is 3. The van der Waals surface area contributed by atoms with Gasteiger partial charge >= 0.3 is 0 Å². The summed E-state index contributed by atoms with van der Waals surface area (Å²) in [5.74, 6) is 4.11. The summed E-state index contributed by atoms with van der Waals surface area (Å²) in [6.07, 6.45) is 1.73. The highest BCUT2D eigenvalue weighted by molar-refractivity contribution is 5.71. The number of rotatable bonds is 8. The fourth-order valence-corrected chi connectivity index (χ4v) is 3.16. The van der Waals surface area contributed by atoms with E-state index in [0.717, 1.165) is 33.9 Å². The maximum absolute atomic E-state index is 5.35. The van der Waals surface area contributed by atoms with Gasteiger partial charge in [0.1, 0.15) is 23.1 Å². The molecule has 0 atom stereocenters. The van der Waals surface area contributed by atoms with E-state index in [1.54, 1.807) is 27.5 Å². The van der Waals surface area contributed by atoms with Crippen molar-refractivity contribution in [1.82, 2.24) is 20.2 Å². The molecule has 0 saturated heterocycles. The van der Waals surface area contributed by atoms with Gasteiger partial charge in [-0.2, -0.15) is 5.10 Å². The van der Waals surface area contributed by atoms with Gasteiger partial charge in [-0.25, -0.2) is 9.97 Å². The Kier molecular flexibility index (Phi) is 5.98. The highest BCUT2D eigenvalue weighted by Crippen LogP contribution is 2.28. The van der Waals surface area contributed by atoms with Gasteiger partial charge in [0.05, 0.1) is 26.9 Å². The van der Waals surface area contributed by atoms with E-state index in [-0.39, 0.29) is 0 Å². The van der Waals surface area contributed by atoms with Crippen molar-refractivity contribution in [3.8, 4) is 40.0 Å². The van der Waals surface area contributed by atoms with E-state index in [0.29, 0.717) is 24.0 Å². The molecule has 2 N–H and O–H groups in total. The fraction of sp³-hybridized carbons (Fsp3) is 0.174. The third kappa shape index (κ3) is 4.58. The van der Waals surface area contributed by atoms with E-state index in [1.165, 1.54) is 0 Å². The van der Waals surface area contributed by atoms with Gasteiger partial charge in [0, 0.05) is 24.4 Å². The zero-order chi connectivity index (χ0) is 21.6. The predicted octanol–water partition coefficient (Wildman–Crippen LogP) is 4.17. The van der Waals surface area contributed by atoms with Crippen LogP contribution >= 0.6 is 0 Å². The zero-order valence-corrected chi connectivity index (χ0v) is 17.5. The molecule has 0 saturated carbocycles. The molecule has 31 heavy (non-hydrogen) atoms. The van der Waals surface area contributed by atoms with Crippen LogP contribution in [0.4, 0.5) is 5.82 Å². The van der Waals surface area contributed by atoms with E-state index in [1.807, 2.05) is 54.6 Å². The van der Waals surface area contributed by atoms with Crippen molar-refractivity contribution in [2.45, 2.75) is 6.54 Å². The Bertz CT molecular complexity index is 1150. The fourth-order valence-electron chi connectivity index (χ4n) is 3.16. The molecule has 0 aliphatic heterocycles. The minimum atomic E-state index is 0.536. The van der Waals surface area contributed by atoms with Gasteiger partial charge in [-0.1, -0.05) is 12.1 Å². The molecular formula is C23H23N5O3. The average Bonchev–Trinajstić information content (AvgIpc) is 3.33. The number of ether oxygens (including phenoxy) is 3. The lowest BCUT2D eigenvalue weighted by atomic mass is 10.2. The Labute approximate surface area is 180 Å². The minimum Gasteiger partial charge on any atom is -0.497 e. The number of pyridine rings is 1. The van der Waals surface area contributed by atoms with Crippen LogP contribution in [0.25, 0.3) is 22.8 Å². The molecule has 4 rings (SSSR count). The van der Waals surface area contributed by atoms with Crippen LogP contribution in [0.15, 0.2) is 60.8 Å². The third-order valence-electron chi connectivity index (χ3n) is 4.75. The van der Waals surface area contributed by atoms with Gasteiger partial charge in [0.15, 0.2) is 11.6 Å². The second-order valence-electron chi connectivity index (χ2n) is 6.71. The van der Waals surface area contributed by atoms with E-state index in [4.69, 9.17) is 14.2 Å². The molecule has 0 amide bonds. The Morgan fingerprint density at radius 1 is 0.871 bits per heavy atom. The summed E-state index contributed by atoms with van der Waals surface area (Å²) in [5.41, 5.74) is 2.69. The quantitative estimate of drug-likeness (QED) is 0.444. The number of nitrogens with zero attached hydrogens (tertiary/aromatic N) is 3. The third-order valence-corrected chi connectivity index (χ3v) is 4.75. The van der Waals surface area contributed by atoms with Crippen LogP contribution in [-0.2, 0) is 6.54 Å². The van der Waals surface area contributed by atoms with Gasteiger partial charge in [-0.3, -0.25) is 5.10 Å². The SMILES string of the molecule is COc1cc(CNc2ncccc2-c2nc(-c3cccc(OC)c3)n[nH]2)cc(OC)c1. The first-order valence-corrected chi connectivity index (χ1v) is 9.68. The topological polar surface area (TPSA) is 94.2 Å². The number of hydrogen-bond acceptors (Lipinski definition) is 7. The standard InChI is InChI=1S/C23H23N5O3/c1-29-17-7-4-6-16(12-17)21-26-23(28-27-21)20-8-5-9-24-22(20)25-14-15-10-18(30-2)13-19(11-15)31-3/h4-13H,14H2,1-3H3,(H,24,25)(H,26,27,28). The highest BCUT2D eigenvalue weighted by atomic mass is 16.5. The van der Waals surface area contributed by atoms with Crippen LogP contribution in [0, 0.1) is 0 Å². The molecular weight excluding hydrogens is 394 g/mol. The van der Waals surface area contributed by atoms with Crippen LogP contribution < -0.4 is 19.5 Å². The molecule has 0 bridgehead atoms. The van der Waals surface area contributed by atoms with E-state index in [2.05, 4.69) is 25.5 Å². The van der Waals surface area contributed by atoms with Gasteiger partial charge in [0.2, 0.25) is 0 Å². The van der Waals surface area contributed by atoms with Crippen LogP contribution in [0.5, 0.6) is 17.2 Å². The van der Waals surface area contributed by atoms with E-state index >= 15 is 0 Å². The lowest BCUT2D eigenvalue weighted by Gasteiger charge is -2.11. The molecule has 8 nitrogen and oxygen atoms in total. The molecule has 8 heteroatoms. The summed E-state index contributed by atoms with van der Waals surface area (Å²) in [6, 6.07) is 17.2. The number of benzene rings is 2. The van der Waals surface area contributed by atoms with E-state index in [9.17, 15) is 0 Å². The first-order chi connectivity index (χ1) is 15.2. The van der Waals surface area contributed by atoms with Crippen LogP contribution in [0.2, 0.25) is 0 Å². The lowest BCUT2D eigenvalue weighted by Crippen LogP contribution is -2.04. The predicted molar refractivity (Wildman–Crippen MR) is 118 cm³/mol. The number of aromatic nitrogens is 4. The van der Waals surface area contributed by atoms with Crippen LogP contribution in [0.3, 0.4) is 0 Å². The average molecular weight is 417 g/mol. The second-order valence-corrected chi connectivity index (χ2v) is 6.71. The monoisotopic (exact) mass is 417 g/mol. The molecule has 0 aliphatic carbocycles. The van der Waals surface area contributed by atoms with Gasteiger partial charge in [0.25, 0.3) is 0 Å². The summed E-state index contributed by atoms with van der Waals surface area (Å²) in [6.45, 7) is 0.536. The van der Waals surface area contributed by atoms with Crippen molar-refractivity contribution in [3.63, 3.8) is 0 Å². The summed E-state index contributed by atoms with van der Waals surface area (Å²) >= 11 is 0. The normalized spacial score (nSPS) is 10.5. The minimum absolute atomic E-state index is 0.536. The largest absolute Gasteiger partial charge is 0.497 e. The summed E-state index contributed by atoms with van der Waals surface area (Å²) < 4.78 is 16.0. The van der Waals surface area contributed by atoms with Gasteiger partial charge < -0.3 is 19.5 Å².